The fourth-order valence-electron chi connectivity index (χ4n) is 4.07. The molecule has 0 saturated heterocycles. The van der Waals surface area contributed by atoms with Crippen LogP contribution < -0.4 is 10.6 Å². The number of rotatable bonds is 7. The molecule has 0 spiro atoms. The molecule has 4 rings (SSSR count). The average molecular weight is 533 g/mol. The summed E-state index contributed by atoms with van der Waals surface area (Å²) in [7, 11) is 0. The maximum atomic E-state index is 12.6. The van der Waals surface area contributed by atoms with Crippen LogP contribution in [0.5, 0.6) is 0 Å². The van der Waals surface area contributed by atoms with Gasteiger partial charge < -0.3 is 15.2 Å². The number of amides is 2. The third-order valence-corrected chi connectivity index (χ3v) is 6.43. The number of carboxylic acids is 1. The second-order valence-corrected chi connectivity index (χ2v) is 8.77. The summed E-state index contributed by atoms with van der Waals surface area (Å²) in [5.41, 5.74) is 4.91. The van der Waals surface area contributed by atoms with Crippen LogP contribution in [0.2, 0.25) is 0 Å². The summed E-state index contributed by atoms with van der Waals surface area (Å²) < 4.78 is 6.08. The van der Waals surface area contributed by atoms with E-state index in [-0.39, 0.29) is 24.5 Å². The first-order chi connectivity index (χ1) is 16.9. The zero-order valence-corrected chi connectivity index (χ0v) is 20.0. The summed E-state index contributed by atoms with van der Waals surface area (Å²) in [4.78, 5) is 36.4. The Morgan fingerprint density at radius 2 is 1.66 bits per heavy atom. The predicted molar refractivity (Wildman–Crippen MR) is 135 cm³/mol. The number of hydrogen-bond acceptors (Lipinski definition) is 4. The molecule has 1 unspecified atom stereocenters. The van der Waals surface area contributed by atoms with Crippen LogP contribution in [-0.2, 0) is 9.53 Å². The number of terminal acetylenes is 1. The van der Waals surface area contributed by atoms with Gasteiger partial charge in [0, 0.05) is 22.4 Å². The van der Waals surface area contributed by atoms with Crippen molar-refractivity contribution < 1.29 is 24.2 Å². The number of benzene rings is 3. The molecule has 8 heteroatoms. The van der Waals surface area contributed by atoms with Crippen LogP contribution in [0.25, 0.3) is 11.1 Å². The van der Waals surface area contributed by atoms with E-state index in [2.05, 4.69) is 44.6 Å². The van der Waals surface area contributed by atoms with E-state index >= 15 is 0 Å². The molecule has 0 heterocycles. The topological polar surface area (TPSA) is 105 Å². The average Bonchev–Trinajstić information content (AvgIpc) is 3.17. The maximum Gasteiger partial charge on any atom is 0.411 e. The highest BCUT2D eigenvalue weighted by Gasteiger charge is 2.29. The van der Waals surface area contributed by atoms with Crippen molar-refractivity contribution in [3.8, 4) is 23.5 Å². The molecular weight excluding hydrogens is 512 g/mol. The quantitative estimate of drug-likeness (QED) is 0.370. The smallest absolute Gasteiger partial charge is 0.411 e. The highest BCUT2D eigenvalue weighted by molar-refractivity contribution is 9.10. The number of hydrogen-bond donors (Lipinski definition) is 3. The van der Waals surface area contributed by atoms with Crippen molar-refractivity contribution >= 4 is 39.6 Å². The zero-order chi connectivity index (χ0) is 24.9. The van der Waals surface area contributed by atoms with Crippen molar-refractivity contribution in [2.75, 3.05) is 11.9 Å². The predicted octanol–water partition coefficient (Wildman–Crippen LogP) is 5.02. The second kappa shape index (κ2) is 10.5. The van der Waals surface area contributed by atoms with E-state index in [1.807, 2.05) is 36.4 Å². The maximum absolute atomic E-state index is 12.6. The largest absolute Gasteiger partial charge is 0.480 e. The summed E-state index contributed by atoms with van der Waals surface area (Å²) in [6.45, 7) is 0.143. The van der Waals surface area contributed by atoms with Crippen molar-refractivity contribution in [1.82, 2.24) is 5.32 Å². The van der Waals surface area contributed by atoms with Crippen molar-refractivity contribution in [2.24, 2.45) is 0 Å². The number of carbonyl (C=O) groups excluding carboxylic acids is 2. The van der Waals surface area contributed by atoms with Gasteiger partial charge in [-0.2, -0.15) is 0 Å². The van der Waals surface area contributed by atoms with Gasteiger partial charge in [0.25, 0.3) is 5.91 Å². The third-order valence-electron chi connectivity index (χ3n) is 5.73. The molecule has 3 aromatic carbocycles. The van der Waals surface area contributed by atoms with Gasteiger partial charge in [0.2, 0.25) is 0 Å². The Morgan fingerprint density at radius 3 is 2.26 bits per heavy atom. The Hall–Kier alpha value is -4.09. The van der Waals surface area contributed by atoms with Crippen LogP contribution in [0, 0.1) is 12.3 Å². The van der Waals surface area contributed by atoms with Crippen molar-refractivity contribution in [3.05, 3.63) is 87.9 Å². The van der Waals surface area contributed by atoms with Crippen LogP contribution in [0.1, 0.15) is 33.8 Å². The van der Waals surface area contributed by atoms with E-state index < -0.39 is 24.0 Å². The molecule has 35 heavy (non-hydrogen) atoms. The molecule has 0 radical (unpaired) electrons. The van der Waals surface area contributed by atoms with Crippen LogP contribution in [0.4, 0.5) is 10.5 Å². The third kappa shape index (κ3) is 5.20. The van der Waals surface area contributed by atoms with Gasteiger partial charge in [-0.1, -0.05) is 48.5 Å². The summed E-state index contributed by atoms with van der Waals surface area (Å²) in [6.07, 6.45) is 4.34. The zero-order valence-electron chi connectivity index (χ0n) is 18.5. The summed E-state index contributed by atoms with van der Waals surface area (Å²) in [6, 6.07) is 19.4. The lowest BCUT2D eigenvalue weighted by molar-refractivity contribution is -0.139. The second-order valence-electron chi connectivity index (χ2n) is 7.92. The van der Waals surface area contributed by atoms with Gasteiger partial charge in [-0.25, -0.2) is 9.59 Å². The highest BCUT2D eigenvalue weighted by Crippen LogP contribution is 2.44. The molecule has 1 atom stereocenters. The van der Waals surface area contributed by atoms with Crippen LogP contribution in [0.3, 0.4) is 0 Å². The molecule has 0 bridgehead atoms. The Morgan fingerprint density at radius 1 is 1.03 bits per heavy atom. The van der Waals surface area contributed by atoms with Gasteiger partial charge in [-0.05, 0) is 56.4 Å². The van der Waals surface area contributed by atoms with Gasteiger partial charge in [-0.15, -0.1) is 12.3 Å². The minimum Gasteiger partial charge on any atom is -0.480 e. The Bertz CT molecular complexity index is 1300. The minimum atomic E-state index is -1.23. The lowest BCUT2D eigenvalue weighted by atomic mass is 9.98. The molecule has 3 N–H and O–H groups in total. The van der Waals surface area contributed by atoms with E-state index in [4.69, 9.17) is 11.2 Å². The lowest BCUT2D eigenvalue weighted by Gasteiger charge is -2.16. The van der Waals surface area contributed by atoms with Gasteiger partial charge in [0.05, 0.1) is 5.69 Å². The monoisotopic (exact) mass is 532 g/mol. The molecule has 0 saturated carbocycles. The van der Waals surface area contributed by atoms with E-state index in [0.717, 1.165) is 22.3 Å². The van der Waals surface area contributed by atoms with Crippen molar-refractivity contribution in [1.29, 1.82) is 0 Å². The fourth-order valence-corrected chi connectivity index (χ4v) is 4.41. The molecule has 2 amide bonds. The molecule has 1 aliphatic carbocycles. The van der Waals surface area contributed by atoms with E-state index in [1.54, 1.807) is 6.07 Å². The Balaban J connectivity index is 1.44. The molecule has 1 aliphatic rings. The van der Waals surface area contributed by atoms with E-state index in [1.165, 1.54) is 12.1 Å². The first-order valence-corrected chi connectivity index (χ1v) is 11.6. The molecule has 0 aliphatic heterocycles. The van der Waals surface area contributed by atoms with Crippen LogP contribution >= 0.6 is 15.9 Å². The number of aliphatic carboxylic acids is 1. The van der Waals surface area contributed by atoms with Gasteiger partial charge in [-0.3, -0.25) is 10.1 Å². The molecule has 176 valence electrons. The number of ether oxygens (including phenoxy) is 1. The Kier molecular flexibility index (Phi) is 7.18. The number of anilines is 1. The standard InChI is InChI=1S/C27H21BrN2O5/c1-2-7-23(26(32)33)29-25(31)16-12-13-22(28)24(14-16)30-27(34)35-15-21-19-10-5-3-8-17(19)18-9-4-6-11-20(18)21/h1,3-6,8-14,21,23H,7,15H2,(H,29,31)(H,30,34)(H,32,33). The van der Waals surface area contributed by atoms with Crippen molar-refractivity contribution in [2.45, 2.75) is 18.4 Å². The van der Waals surface area contributed by atoms with E-state index in [0.29, 0.717) is 10.2 Å². The summed E-state index contributed by atoms with van der Waals surface area (Å²) in [5.74, 6) is 0.280. The minimum absolute atomic E-state index is 0.0854. The highest BCUT2D eigenvalue weighted by atomic mass is 79.9. The summed E-state index contributed by atoms with van der Waals surface area (Å²) in [5, 5.41) is 14.2. The lowest BCUT2D eigenvalue weighted by Crippen LogP contribution is -2.40. The fraction of sp³-hybridized carbons (Fsp3) is 0.148. The first-order valence-electron chi connectivity index (χ1n) is 10.8. The molecule has 0 fully saturated rings. The molecule has 0 aromatic heterocycles. The molecule has 7 nitrogen and oxygen atoms in total. The van der Waals surface area contributed by atoms with E-state index in [9.17, 15) is 19.5 Å². The van der Waals surface area contributed by atoms with Crippen LogP contribution in [0.15, 0.2) is 71.2 Å². The number of carboxylic acid groups (broad SMARTS) is 1. The first kappa shape index (κ1) is 24.0. The molecule has 3 aromatic rings. The van der Waals surface area contributed by atoms with Gasteiger partial charge >= 0.3 is 12.1 Å². The number of nitrogens with one attached hydrogen (secondary N) is 2. The molecular formula is C27H21BrN2O5. The van der Waals surface area contributed by atoms with Gasteiger partial charge in [0.1, 0.15) is 12.6 Å². The number of halogens is 1. The van der Waals surface area contributed by atoms with Gasteiger partial charge in [0.15, 0.2) is 0 Å². The number of fused-ring (bicyclic) bond motifs is 3. The summed E-state index contributed by atoms with van der Waals surface area (Å²) >= 11 is 3.34. The van der Waals surface area contributed by atoms with Crippen molar-refractivity contribution in [3.63, 3.8) is 0 Å². The number of carbonyl (C=O) groups is 3. The normalized spacial score (nSPS) is 12.6. The SMILES string of the molecule is C#CCC(NC(=O)c1ccc(Br)c(NC(=O)OCC2c3ccccc3-c3ccccc32)c1)C(=O)O. The Labute approximate surface area is 210 Å². The van der Waals surface area contributed by atoms with Crippen LogP contribution in [-0.4, -0.2) is 35.7 Å².